The van der Waals surface area contributed by atoms with Gasteiger partial charge in [0, 0.05) is 17.3 Å². The summed E-state index contributed by atoms with van der Waals surface area (Å²) in [6.45, 7) is 1.87. The van der Waals surface area contributed by atoms with Crippen LogP contribution in [0.15, 0.2) is 48.7 Å². The summed E-state index contributed by atoms with van der Waals surface area (Å²) >= 11 is 0. The van der Waals surface area contributed by atoms with E-state index in [2.05, 4.69) is 15.3 Å². The minimum Gasteiger partial charge on any atom is -0.493 e. The van der Waals surface area contributed by atoms with Crippen molar-refractivity contribution in [3.05, 3.63) is 59.9 Å². The highest BCUT2D eigenvalue weighted by Gasteiger charge is 2.14. The molecule has 0 aliphatic heterocycles. The molecule has 5 heteroatoms. The van der Waals surface area contributed by atoms with Crippen LogP contribution in [0.1, 0.15) is 16.1 Å². The van der Waals surface area contributed by atoms with Crippen molar-refractivity contribution in [3.8, 4) is 5.75 Å². The second-order valence-electron chi connectivity index (χ2n) is 4.84. The number of fused-ring (bicyclic) bond motifs is 1. The number of nitrogens with zero attached hydrogens (tertiary/aromatic N) is 2. The van der Waals surface area contributed by atoms with Crippen molar-refractivity contribution in [2.45, 2.75) is 6.92 Å². The number of nitrogens with one attached hydrogen (secondary N) is 1. The molecule has 0 fully saturated rings. The minimum absolute atomic E-state index is 0.237. The van der Waals surface area contributed by atoms with Gasteiger partial charge in [-0.05, 0) is 31.2 Å². The molecule has 2 aromatic heterocycles. The van der Waals surface area contributed by atoms with Gasteiger partial charge in [-0.25, -0.2) is 4.98 Å². The Kier molecular flexibility index (Phi) is 3.70. The van der Waals surface area contributed by atoms with E-state index in [0.717, 1.165) is 16.6 Å². The van der Waals surface area contributed by atoms with Gasteiger partial charge in [0.05, 0.1) is 18.2 Å². The summed E-state index contributed by atoms with van der Waals surface area (Å²) in [5, 5.41) is 3.60. The molecule has 0 saturated heterocycles. The number of benzene rings is 1. The number of amides is 1. The summed E-state index contributed by atoms with van der Waals surface area (Å²) in [6, 6.07) is 12.8. The highest BCUT2D eigenvalue weighted by Crippen LogP contribution is 2.23. The van der Waals surface area contributed by atoms with E-state index in [1.165, 1.54) is 0 Å². The zero-order valence-electron chi connectivity index (χ0n) is 12.3. The largest absolute Gasteiger partial charge is 0.493 e. The number of carbonyl (C=O) groups is 1. The molecule has 22 heavy (non-hydrogen) atoms. The van der Waals surface area contributed by atoms with Crippen LogP contribution in [0.4, 0.5) is 5.82 Å². The molecule has 5 nitrogen and oxygen atoms in total. The lowest BCUT2D eigenvalue weighted by Crippen LogP contribution is -2.14. The van der Waals surface area contributed by atoms with E-state index < -0.39 is 0 Å². The van der Waals surface area contributed by atoms with Crippen LogP contribution in [-0.4, -0.2) is 23.0 Å². The fourth-order valence-corrected chi connectivity index (χ4v) is 2.32. The molecule has 1 N–H and O–H groups in total. The average molecular weight is 293 g/mol. The molecule has 2 heterocycles. The lowest BCUT2D eigenvalue weighted by atomic mass is 10.1. The normalized spacial score (nSPS) is 10.5. The molecule has 0 spiro atoms. The van der Waals surface area contributed by atoms with Crippen LogP contribution in [0.5, 0.6) is 5.75 Å². The number of aryl methyl sites for hydroxylation is 1. The third kappa shape index (κ3) is 2.61. The Morgan fingerprint density at radius 1 is 1.18 bits per heavy atom. The average Bonchev–Trinajstić information content (AvgIpc) is 2.54. The monoisotopic (exact) mass is 293 g/mol. The number of ether oxygens (including phenoxy) is 1. The first kappa shape index (κ1) is 14.0. The number of para-hydroxylation sites is 1. The Balaban J connectivity index is 2.02. The zero-order valence-corrected chi connectivity index (χ0v) is 12.3. The van der Waals surface area contributed by atoms with Gasteiger partial charge in [-0.15, -0.1) is 0 Å². The Labute approximate surface area is 128 Å². The second-order valence-corrected chi connectivity index (χ2v) is 4.84. The Morgan fingerprint density at radius 2 is 2.00 bits per heavy atom. The first-order valence-electron chi connectivity index (χ1n) is 6.86. The van der Waals surface area contributed by atoms with Crippen LogP contribution in [0.2, 0.25) is 0 Å². The molecular formula is C17H15N3O2. The summed E-state index contributed by atoms with van der Waals surface area (Å²) in [5.74, 6) is 0.679. The third-order valence-electron chi connectivity index (χ3n) is 3.31. The molecule has 3 aromatic rings. The topological polar surface area (TPSA) is 64.1 Å². The van der Waals surface area contributed by atoms with Crippen molar-refractivity contribution in [3.63, 3.8) is 0 Å². The molecule has 0 atom stereocenters. The molecule has 1 amide bonds. The highest BCUT2D eigenvalue weighted by atomic mass is 16.5. The van der Waals surface area contributed by atoms with Gasteiger partial charge in [-0.2, -0.15) is 0 Å². The van der Waals surface area contributed by atoms with Crippen LogP contribution >= 0.6 is 0 Å². The molecule has 0 bridgehead atoms. The van der Waals surface area contributed by atoms with Crippen molar-refractivity contribution < 1.29 is 9.53 Å². The number of hydrogen-bond acceptors (Lipinski definition) is 4. The van der Waals surface area contributed by atoms with Crippen LogP contribution in [0.3, 0.4) is 0 Å². The molecule has 0 aliphatic carbocycles. The summed E-state index contributed by atoms with van der Waals surface area (Å²) in [6.07, 6.45) is 1.61. The fourth-order valence-electron chi connectivity index (χ4n) is 2.32. The van der Waals surface area contributed by atoms with Gasteiger partial charge in [0.1, 0.15) is 0 Å². The van der Waals surface area contributed by atoms with Gasteiger partial charge in [0.25, 0.3) is 5.91 Å². The van der Waals surface area contributed by atoms with Crippen molar-refractivity contribution in [2.75, 3.05) is 12.4 Å². The van der Waals surface area contributed by atoms with Crippen LogP contribution < -0.4 is 10.1 Å². The quantitative estimate of drug-likeness (QED) is 0.805. The zero-order chi connectivity index (χ0) is 15.5. The fraction of sp³-hybridized carbons (Fsp3) is 0.118. The van der Waals surface area contributed by atoms with Gasteiger partial charge in [-0.3, -0.25) is 9.78 Å². The number of carbonyl (C=O) groups excluding carboxylic acids is 1. The maximum atomic E-state index is 12.6. The molecule has 0 aliphatic rings. The van der Waals surface area contributed by atoms with E-state index in [0.29, 0.717) is 17.1 Å². The van der Waals surface area contributed by atoms with Crippen LogP contribution in [-0.2, 0) is 0 Å². The minimum atomic E-state index is -0.237. The molecule has 0 radical (unpaired) electrons. The van der Waals surface area contributed by atoms with Crippen LogP contribution in [0.25, 0.3) is 10.9 Å². The third-order valence-corrected chi connectivity index (χ3v) is 3.31. The Hall–Kier alpha value is -2.95. The molecule has 110 valence electrons. The first-order chi connectivity index (χ1) is 10.7. The molecular weight excluding hydrogens is 278 g/mol. The smallest absolute Gasteiger partial charge is 0.257 e. The lowest BCUT2D eigenvalue weighted by Gasteiger charge is -2.10. The van der Waals surface area contributed by atoms with E-state index in [-0.39, 0.29) is 5.91 Å². The molecule has 1 aromatic carbocycles. The number of rotatable bonds is 3. The first-order valence-corrected chi connectivity index (χ1v) is 6.86. The number of methoxy groups -OCH3 is 1. The number of aromatic nitrogens is 2. The SMILES string of the molecule is COc1cccnc1NC(=O)c1cc(C)nc2ccccc12. The molecule has 0 unspecified atom stereocenters. The van der Waals surface area contributed by atoms with Crippen molar-refractivity contribution in [1.29, 1.82) is 0 Å². The van der Waals surface area contributed by atoms with Crippen LogP contribution in [0, 0.1) is 6.92 Å². The van der Waals surface area contributed by atoms with Gasteiger partial charge in [-0.1, -0.05) is 18.2 Å². The summed E-state index contributed by atoms with van der Waals surface area (Å²) in [7, 11) is 1.54. The van der Waals surface area contributed by atoms with E-state index in [1.807, 2.05) is 31.2 Å². The van der Waals surface area contributed by atoms with Crippen molar-refractivity contribution in [1.82, 2.24) is 9.97 Å². The van der Waals surface area contributed by atoms with Gasteiger partial charge < -0.3 is 10.1 Å². The number of pyridine rings is 2. The Morgan fingerprint density at radius 3 is 2.82 bits per heavy atom. The summed E-state index contributed by atoms with van der Waals surface area (Å²) in [5.41, 5.74) is 2.15. The Bertz CT molecular complexity index is 846. The van der Waals surface area contributed by atoms with Crippen molar-refractivity contribution in [2.24, 2.45) is 0 Å². The predicted molar refractivity (Wildman–Crippen MR) is 85.2 cm³/mol. The lowest BCUT2D eigenvalue weighted by molar-refractivity contribution is 0.102. The van der Waals surface area contributed by atoms with Gasteiger partial charge in [0.15, 0.2) is 11.6 Å². The van der Waals surface area contributed by atoms with E-state index in [9.17, 15) is 4.79 Å². The predicted octanol–water partition coefficient (Wildman–Crippen LogP) is 3.20. The summed E-state index contributed by atoms with van der Waals surface area (Å²) < 4.78 is 5.20. The molecule has 0 saturated carbocycles. The maximum absolute atomic E-state index is 12.6. The van der Waals surface area contributed by atoms with E-state index >= 15 is 0 Å². The number of anilines is 1. The maximum Gasteiger partial charge on any atom is 0.257 e. The second kappa shape index (κ2) is 5.81. The van der Waals surface area contributed by atoms with Crippen molar-refractivity contribution >= 4 is 22.6 Å². The van der Waals surface area contributed by atoms with E-state index in [4.69, 9.17) is 4.74 Å². The molecule has 3 rings (SSSR count). The van der Waals surface area contributed by atoms with Gasteiger partial charge >= 0.3 is 0 Å². The highest BCUT2D eigenvalue weighted by molar-refractivity contribution is 6.12. The standard InChI is InChI=1S/C17H15N3O2/c1-11-10-13(12-6-3-4-7-14(12)19-11)17(21)20-16-15(22-2)8-5-9-18-16/h3-10H,1-2H3,(H,18,20,21). The van der Waals surface area contributed by atoms with E-state index in [1.54, 1.807) is 31.5 Å². The summed E-state index contributed by atoms with van der Waals surface area (Å²) in [4.78, 5) is 21.2. The van der Waals surface area contributed by atoms with Gasteiger partial charge in [0.2, 0.25) is 0 Å². The number of hydrogen-bond donors (Lipinski definition) is 1.